The summed E-state index contributed by atoms with van der Waals surface area (Å²) in [7, 11) is 0. The summed E-state index contributed by atoms with van der Waals surface area (Å²) in [6.45, 7) is 2.66. The molecule has 2 aromatic carbocycles. The summed E-state index contributed by atoms with van der Waals surface area (Å²) < 4.78 is 51.7. The van der Waals surface area contributed by atoms with Crippen LogP contribution in [0.3, 0.4) is 0 Å². The molecule has 0 saturated heterocycles. The Morgan fingerprint density at radius 3 is 2.33 bits per heavy atom. The second kappa shape index (κ2) is 12.1. The van der Waals surface area contributed by atoms with E-state index in [4.69, 9.17) is 15.2 Å². The van der Waals surface area contributed by atoms with Gasteiger partial charge < -0.3 is 25.3 Å². The molecule has 0 fully saturated rings. The molecule has 0 bridgehead atoms. The summed E-state index contributed by atoms with van der Waals surface area (Å²) >= 11 is 0. The van der Waals surface area contributed by atoms with Gasteiger partial charge in [0.05, 0.1) is 13.2 Å². The molecule has 3 rings (SSSR count). The number of nitrogens with one attached hydrogen (secondary N) is 1. The van der Waals surface area contributed by atoms with Crippen molar-refractivity contribution in [1.29, 1.82) is 0 Å². The number of hydrogen-bond acceptors (Lipinski definition) is 5. The first kappa shape index (κ1) is 26.0. The molecule has 0 aliphatic carbocycles. The standard InChI is InChI=1S/C22H21F3N4O3.HI/c1-2-30-18-5-3-4-6-19(18)31-20-12-7-15(13-27-20)14-28-21(26)29-16-8-10-17(11-9-16)32-22(23,24)25;/h3-13H,2,14H2,1H3,(H3,26,28,29);1H. The third-order valence-corrected chi connectivity index (χ3v) is 3.95. The van der Waals surface area contributed by atoms with Gasteiger partial charge in [0.2, 0.25) is 5.88 Å². The van der Waals surface area contributed by atoms with Crippen LogP contribution < -0.4 is 25.3 Å². The van der Waals surface area contributed by atoms with Gasteiger partial charge in [0.25, 0.3) is 0 Å². The second-order valence-corrected chi connectivity index (χ2v) is 6.39. The van der Waals surface area contributed by atoms with E-state index in [1.165, 1.54) is 24.3 Å². The Labute approximate surface area is 205 Å². The Bertz CT molecular complexity index is 1050. The lowest BCUT2D eigenvalue weighted by molar-refractivity contribution is -0.274. The second-order valence-electron chi connectivity index (χ2n) is 6.39. The van der Waals surface area contributed by atoms with Gasteiger partial charge in [0.1, 0.15) is 5.75 Å². The molecule has 3 N–H and O–H groups in total. The van der Waals surface area contributed by atoms with E-state index in [0.29, 0.717) is 29.7 Å². The Morgan fingerprint density at radius 2 is 1.73 bits per heavy atom. The van der Waals surface area contributed by atoms with Gasteiger partial charge in [0.15, 0.2) is 17.5 Å². The molecule has 0 unspecified atom stereocenters. The van der Waals surface area contributed by atoms with Gasteiger partial charge in [-0.05, 0) is 48.9 Å². The number of nitrogens with two attached hydrogens (primary N) is 1. The summed E-state index contributed by atoms with van der Waals surface area (Å²) in [4.78, 5) is 8.46. The molecular weight excluding hydrogens is 552 g/mol. The van der Waals surface area contributed by atoms with Crippen molar-refractivity contribution in [2.75, 3.05) is 11.9 Å². The summed E-state index contributed by atoms with van der Waals surface area (Å²) in [6, 6.07) is 16.0. The number of nitrogens with zero attached hydrogens (tertiary/aromatic N) is 2. The van der Waals surface area contributed by atoms with Crippen molar-refractivity contribution in [3.05, 3.63) is 72.4 Å². The highest BCUT2D eigenvalue weighted by Gasteiger charge is 2.30. The Kier molecular flexibility index (Phi) is 9.57. The number of ether oxygens (including phenoxy) is 3. The number of alkyl halides is 3. The van der Waals surface area contributed by atoms with E-state index in [1.54, 1.807) is 24.4 Å². The Morgan fingerprint density at radius 1 is 1.03 bits per heavy atom. The zero-order chi connectivity index (χ0) is 23.0. The number of para-hydroxylation sites is 2. The Hall–Kier alpha value is -3.22. The third kappa shape index (κ3) is 8.67. The fraction of sp³-hybridized carbons (Fsp3) is 0.182. The maximum Gasteiger partial charge on any atom is 0.573 e. The van der Waals surface area contributed by atoms with Crippen LogP contribution in [0.2, 0.25) is 0 Å². The summed E-state index contributed by atoms with van der Waals surface area (Å²) in [6.07, 6.45) is -3.13. The molecule has 1 aromatic heterocycles. The minimum absolute atomic E-state index is 0. The number of aliphatic imine (C=N–C) groups is 1. The number of halogens is 4. The summed E-state index contributed by atoms with van der Waals surface area (Å²) in [5, 5.41) is 2.80. The first-order valence-electron chi connectivity index (χ1n) is 9.60. The average Bonchev–Trinajstić information content (AvgIpc) is 2.75. The van der Waals surface area contributed by atoms with E-state index in [2.05, 4.69) is 20.0 Å². The molecule has 7 nitrogen and oxygen atoms in total. The van der Waals surface area contributed by atoms with Gasteiger partial charge in [0, 0.05) is 18.0 Å². The van der Waals surface area contributed by atoms with Gasteiger partial charge in [-0.3, -0.25) is 0 Å². The number of guanidine groups is 1. The van der Waals surface area contributed by atoms with E-state index in [0.717, 1.165) is 5.56 Å². The summed E-state index contributed by atoms with van der Waals surface area (Å²) in [5.74, 6) is 1.36. The fourth-order valence-electron chi connectivity index (χ4n) is 2.59. The molecule has 0 aliphatic rings. The van der Waals surface area contributed by atoms with Crippen LogP contribution in [-0.2, 0) is 6.54 Å². The zero-order valence-corrected chi connectivity index (χ0v) is 19.8. The highest BCUT2D eigenvalue weighted by atomic mass is 127. The number of hydrogen-bond donors (Lipinski definition) is 2. The molecule has 3 aromatic rings. The molecule has 0 amide bonds. The molecule has 0 saturated carbocycles. The van der Waals surface area contributed by atoms with Crippen molar-refractivity contribution in [1.82, 2.24) is 4.98 Å². The maximum atomic E-state index is 12.2. The largest absolute Gasteiger partial charge is 0.573 e. The van der Waals surface area contributed by atoms with E-state index in [9.17, 15) is 13.2 Å². The molecule has 0 spiro atoms. The van der Waals surface area contributed by atoms with E-state index >= 15 is 0 Å². The van der Waals surface area contributed by atoms with Crippen LogP contribution in [-0.4, -0.2) is 23.9 Å². The predicted molar refractivity (Wildman–Crippen MR) is 129 cm³/mol. The van der Waals surface area contributed by atoms with Gasteiger partial charge >= 0.3 is 6.36 Å². The van der Waals surface area contributed by atoms with Crippen LogP contribution in [0.1, 0.15) is 12.5 Å². The molecule has 11 heteroatoms. The highest BCUT2D eigenvalue weighted by Crippen LogP contribution is 2.30. The SMILES string of the molecule is CCOc1ccccc1Oc1ccc(CN=C(N)Nc2ccc(OC(F)(F)F)cc2)cn1.I. The average molecular weight is 574 g/mol. The quantitative estimate of drug-likeness (QED) is 0.203. The maximum absolute atomic E-state index is 12.2. The van der Waals surface area contributed by atoms with Gasteiger partial charge in [-0.2, -0.15) is 0 Å². The van der Waals surface area contributed by atoms with E-state index in [-0.39, 0.29) is 42.2 Å². The molecule has 33 heavy (non-hydrogen) atoms. The van der Waals surface area contributed by atoms with Crippen molar-refractivity contribution in [3.8, 4) is 23.1 Å². The van der Waals surface area contributed by atoms with Crippen LogP contribution >= 0.6 is 24.0 Å². The van der Waals surface area contributed by atoms with Gasteiger partial charge in [-0.25, -0.2) is 9.98 Å². The third-order valence-electron chi connectivity index (χ3n) is 3.95. The monoisotopic (exact) mass is 574 g/mol. The topological polar surface area (TPSA) is 91.0 Å². The predicted octanol–water partition coefficient (Wildman–Crippen LogP) is 5.72. The van der Waals surface area contributed by atoms with Crippen LogP contribution in [0.25, 0.3) is 0 Å². The molecule has 176 valence electrons. The van der Waals surface area contributed by atoms with Crippen molar-refractivity contribution in [2.24, 2.45) is 10.7 Å². The smallest absolute Gasteiger partial charge is 0.490 e. The number of rotatable bonds is 8. The minimum Gasteiger partial charge on any atom is -0.490 e. The van der Waals surface area contributed by atoms with E-state index in [1.807, 2.05) is 25.1 Å². The van der Waals surface area contributed by atoms with Crippen LogP contribution in [0.15, 0.2) is 71.9 Å². The molecule has 0 radical (unpaired) electrons. The zero-order valence-electron chi connectivity index (χ0n) is 17.5. The lowest BCUT2D eigenvalue weighted by Crippen LogP contribution is -2.22. The van der Waals surface area contributed by atoms with Gasteiger partial charge in [-0.15, -0.1) is 37.1 Å². The van der Waals surface area contributed by atoms with Crippen LogP contribution in [0.4, 0.5) is 18.9 Å². The van der Waals surface area contributed by atoms with Crippen LogP contribution in [0, 0.1) is 0 Å². The first-order chi connectivity index (χ1) is 15.3. The molecule has 0 atom stereocenters. The normalized spacial score (nSPS) is 11.3. The van der Waals surface area contributed by atoms with Crippen molar-refractivity contribution >= 4 is 35.6 Å². The molecule has 1 heterocycles. The van der Waals surface area contributed by atoms with Crippen molar-refractivity contribution in [3.63, 3.8) is 0 Å². The lowest BCUT2D eigenvalue weighted by atomic mass is 10.3. The summed E-state index contributed by atoms with van der Waals surface area (Å²) in [5.41, 5.74) is 7.09. The first-order valence-corrected chi connectivity index (χ1v) is 9.60. The Balaban J connectivity index is 0.00000385. The molecule has 0 aliphatic heterocycles. The lowest BCUT2D eigenvalue weighted by Gasteiger charge is -2.11. The number of pyridine rings is 1. The minimum atomic E-state index is -4.74. The van der Waals surface area contributed by atoms with Crippen molar-refractivity contribution in [2.45, 2.75) is 19.8 Å². The number of anilines is 1. The van der Waals surface area contributed by atoms with Gasteiger partial charge in [-0.1, -0.05) is 18.2 Å². The van der Waals surface area contributed by atoms with Crippen molar-refractivity contribution < 1.29 is 27.4 Å². The van der Waals surface area contributed by atoms with E-state index < -0.39 is 6.36 Å². The number of aromatic nitrogens is 1. The highest BCUT2D eigenvalue weighted by molar-refractivity contribution is 14.0. The fourth-order valence-corrected chi connectivity index (χ4v) is 2.59. The molecular formula is C22H22F3IN4O3. The van der Waals surface area contributed by atoms with Crippen LogP contribution in [0.5, 0.6) is 23.1 Å². The number of benzene rings is 2.